The quantitative estimate of drug-likeness (QED) is 0.839. The third-order valence-corrected chi connectivity index (χ3v) is 2.88. The molecule has 118 valence electrons. The Hall–Kier alpha value is -1.26. The van der Waals surface area contributed by atoms with Crippen LogP contribution in [0.15, 0.2) is 18.2 Å². The van der Waals surface area contributed by atoms with Crippen molar-refractivity contribution in [1.82, 2.24) is 5.32 Å². The number of hydrogen-bond acceptors (Lipinski definition) is 3. The molecule has 1 rings (SSSR count). The summed E-state index contributed by atoms with van der Waals surface area (Å²) in [6.07, 6.45) is 0.477. The molecule has 0 heterocycles. The van der Waals surface area contributed by atoms with E-state index in [4.69, 9.17) is 16.3 Å². The van der Waals surface area contributed by atoms with Gasteiger partial charge in [0, 0.05) is 24.2 Å². The highest BCUT2D eigenvalue weighted by Crippen LogP contribution is 2.28. The molecule has 0 aliphatic carbocycles. The molecule has 1 aromatic rings. The molecule has 0 saturated carbocycles. The zero-order valence-corrected chi connectivity index (χ0v) is 14.2. The molecule has 0 spiro atoms. The van der Waals surface area contributed by atoms with Crippen LogP contribution < -0.4 is 15.4 Å². The van der Waals surface area contributed by atoms with Crippen LogP contribution >= 0.6 is 11.6 Å². The van der Waals surface area contributed by atoms with Crippen molar-refractivity contribution in [2.24, 2.45) is 0 Å². The van der Waals surface area contributed by atoms with Crippen LogP contribution in [0.5, 0.6) is 5.75 Å². The molecule has 5 heteroatoms. The molecule has 2 N–H and O–H groups in total. The number of carbonyl (C=O) groups excluding carboxylic acids is 1. The minimum Gasteiger partial charge on any atom is -0.489 e. The topological polar surface area (TPSA) is 50.4 Å². The lowest BCUT2D eigenvalue weighted by molar-refractivity contribution is -0.116. The summed E-state index contributed by atoms with van der Waals surface area (Å²) in [6, 6.07) is 5.26. The summed E-state index contributed by atoms with van der Waals surface area (Å²) < 4.78 is 5.55. The third-order valence-electron chi connectivity index (χ3n) is 2.59. The fourth-order valence-corrected chi connectivity index (χ4v) is 1.93. The van der Waals surface area contributed by atoms with E-state index in [2.05, 4.69) is 31.4 Å². The fraction of sp³-hybridized carbons (Fsp3) is 0.562. The molecular weight excluding hydrogens is 288 g/mol. The lowest BCUT2D eigenvalue weighted by Crippen LogP contribution is -2.37. The van der Waals surface area contributed by atoms with Gasteiger partial charge in [0.05, 0.1) is 11.1 Å². The average molecular weight is 313 g/mol. The van der Waals surface area contributed by atoms with Gasteiger partial charge in [-0.2, -0.15) is 0 Å². The van der Waals surface area contributed by atoms with E-state index in [0.29, 0.717) is 29.4 Å². The molecule has 0 radical (unpaired) electrons. The van der Waals surface area contributed by atoms with E-state index in [1.165, 1.54) is 0 Å². The minimum atomic E-state index is -0.0413. The maximum absolute atomic E-state index is 11.8. The van der Waals surface area contributed by atoms with E-state index in [-0.39, 0.29) is 17.6 Å². The van der Waals surface area contributed by atoms with Crippen LogP contribution in [0.25, 0.3) is 0 Å². The van der Waals surface area contributed by atoms with Gasteiger partial charge in [-0.3, -0.25) is 4.79 Å². The lowest BCUT2D eigenvalue weighted by atomic mass is 10.1. The van der Waals surface area contributed by atoms with E-state index >= 15 is 0 Å². The molecule has 0 aliphatic heterocycles. The SMILES string of the molecule is CC(C)Oc1ccc(NC(=O)CCNC(C)(C)C)cc1Cl. The van der Waals surface area contributed by atoms with Gasteiger partial charge in [0.15, 0.2) is 0 Å². The molecule has 21 heavy (non-hydrogen) atoms. The number of carbonyl (C=O) groups is 1. The first kappa shape index (κ1) is 17.8. The van der Waals surface area contributed by atoms with Crippen LogP contribution in [-0.2, 0) is 4.79 Å². The highest BCUT2D eigenvalue weighted by atomic mass is 35.5. The van der Waals surface area contributed by atoms with Gasteiger partial charge < -0.3 is 15.4 Å². The molecule has 1 amide bonds. The van der Waals surface area contributed by atoms with Gasteiger partial charge in [0.2, 0.25) is 5.91 Å². The van der Waals surface area contributed by atoms with Crippen molar-refractivity contribution in [3.8, 4) is 5.75 Å². The summed E-state index contributed by atoms with van der Waals surface area (Å²) in [4.78, 5) is 11.8. The molecular formula is C16H25ClN2O2. The number of benzene rings is 1. The number of nitrogens with one attached hydrogen (secondary N) is 2. The Bertz CT molecular complexity index is 482. The monoisotopic (exact) mass is 312 g/mol. The minimum absolute atomic E-state index is 0.0133. The summed E-state index contributed by atoms with van der Waals surface area (Å²) in [6.45, 7) is 10.7. The zero-order valence-electron chi connectivity index (χ0n) is 13.4. The number of amides is 1. The predicted molar refractivity (Wildman–Crippen MR) is 88.2 cm³/mol. The molecule has 0 atom stereocenters. The van der Waals surface area contributed by atoms with Crippen molar-refractivity contribution in [3.05, 3.63) is 23.2 Å². The maximum atomic E-state index is 11.8. The highest BCUT2D eigenvalue weighted by Gasteiger charge is 2.10. The summed E-state index contributed by atoms with van der Waals surface area (Å²) in [5.41, 5.74) is 0.691. The first-order chi connectivity index (χ1) is 9.67. The first-order valence-electron chi connectivity index (χ1n) is 7.18. The number of hydrogen-bond donors (Lipinski definition) is 2. The molecule has 0 fully saturated rings. The van der Waals surface area contributed by atoms with Gasteiger partial charge in [-0.05, 0) is 52.8 Å². The van der Waals surface area contributed by atoms with Crippen LogP contribution in [0.3, 0.4) is 0 Å². The van der Waals surface area contributed by atoms with E-state index < -0.39 is 0 Å². The summed E-state index contributed by atoms with van der Waals surface area (Å²) in [5, 5.41) is 6.60. The normalized spacial score (nSPS) is 11.6. The van der Waals surface area contributed by atoms with Crippen molar-refractivity contribution in [2.45, 2.75) is 52.7 Å². The smallest absolute Gasteiger partial charge is 0.225 e. The number of anilines is 1. The Morgan fingerprint density at radius 2 is 2.00 bits per heavy atom. The third kappa shape index (κ3) is 7.34. The predicted octanol–water partition coefficient (Wildman–Crippen LogP) is 3.84. The van der Waals surface area contributed by atoms with Crippen LogP contribution in [0.4, 0.5) is 5.69 Å². The molecule has 0 aliphatic rings. The van der Waals surface area contributed by atoms with Crippen molar-refractivity contribution in [2.75, 3.05) is 11.9 Å². The number of rotatable bonds is 6. The number of halogens is 1. The second-order valence-corrected chi connectivity index (χ2v) is 6.69. The molecule has 0 unspecified atom stereocenters. The molecule has 1 aromatic carbocycles. The Kier molecular flexibility index (Phi) is 6.49. The Labute approximate surface area is 132 Å². The molecule has 0 bridgehead atoms. The number of ether oxygens (including phenoxy) is 1. The van der Waals surface area contributed by atoms with E-state index in [1.807, 2.05) is 13.8 Å². The Morgan fingerprint density at radius 3 is 2.52 bits per heavy atom. The Balaban J connectivity index is 2.51. The van der Waals surface area contributed by atoms with Crippen LogP contribution in [-0.4, -0.2) is 24.1 Å². The van der Waals surface area contributed by atoms with Gasteiger partial charge in [-0.15, -0.1) is 0 Å². The average Bonchev–Trinajstić information content (AvgIpc) is 2.30. The van der Waals surface area contributed by atoms with Gasteiger partial charge >= 0.3 is 0 Å². The molecule has 0 saturated heterocycles. The molecule has 0 aromatic heterocycles. The van der Waals surface area contributed by atoms with Crippen molar-refractivity contribution in [3.63, 3.8) is 0 Å². The van der Waals surface area contributed by atoms with Crippen LogP contribution in [0.2, 0.25) is 5.02 Å². The van der Waals surface area contributed by atoms with Crippen molar-refractivity contribution in [1.29, 1.82) is 0 Å². The van der Waals surface area contributed by atoms with Gasteiger partial charge in [0.25, 0.3) is 0 Å². The van der Waals surface area contributed by atoms with Crippen molar-refractivity contribution >= 4 is 23.2 Å². The summed E-state index contributed by atoms with van der Waals surface area (Å²) >= 11 is 6.13. The fourth-order valence-electron chi connectivity index (χ4n) is 1.70. The standard InChI is InChI=1S/C16H25ClN2O2/c1-11(2)21-14-7-6-12(10-13(14)17)19-15(20)8-9-18-16(3,4)5/h6-7,10-11,18H,8-9H2,1-5H3,(H,19,20). The largest absolute Gasteiger partial charge is 0.489 e. The van der Waals surface area contributed by atoms with Gasteiger partial charge in [-0.1, -0.05) is 11.6 Å². The summed E-state index contributed by atoms with van der Waals surface area (Å²) in [7, 11) is 0. The van der Waals surface area contributed by atoms with Crippen LogP contribution in [0.1, 0.15) is 41.0 Å². The lowest BCUT2D eigenvalue weighted by Gasteiger charge is -2.20. The first-order valence-corrected chi connectivity index (χ1v) is 7.56. The van der Waals surface area contributed by atoms with Gasteiger partial charge in [0.1, 0.15) is 5.75 Å². The van der Waals surface area contributed by atoms with E-state index in [9.17, 15) is 4.79 Å². The second kappa shape index (κ2) is 7.66. The second-order valence-electron chi connectivity index (χ2n) is 6.29. The van der Waals surface area contributed by atoms with Crippen molar-refractivity contribution < 1.29 is 9.53 Å². The zero-order chi connectivity index (χ0) is 16.0. The highest BCUT2D eigenvalue weighted by molar-refractivity contribution is 6.32. The maximum Gasteiger partial charge on any atom is 0.225 e. The van der Waals surface area contributed by atoms with E-state index in [0.717, 1.165) is 0 Å². The molecule has 4 nitrogen and oxygen atoms in total. The van der Waals surface area contributed by atoms with E-state index in [1.54, 1.807) is 18.2 Å². The van der Waals surface area contributed by atoms with Gasteiger partial charge in [-0.25, -0.2) is 0 Å². The Morgan fingerprint density at radius 1 is 1.33 bits per heavy atom. The van der Waals surface area contributed by atoms with Crippen LogP contribution in [0, 0.1) is 0 Å². The summed E-state index contributed by atoms with van der Waals surface area (Å²) in [5.74, 6) is 0.583.